The van der Waals surface area contributed by atoms with Crippen LogP contribution < -0.4 is 5.32 Å². The molecule has 3 heteroatoms. The van der Waals surface area contributed by atoms with E-state index in [1.165, 1.54) is 16.7 Å². The molecule has 2 N–H and O–H groups in total. The van der Waals surface area contributed by atoms with Crippen LogP contribution in [0.4, 0.5) is 0 Å². The quantitative estimate of drug-likeness (QED) is 0.747. The van der Waals surface area contributed by atoms with Crippen molar-refractivity contribution < 1.29 is 5.11 Å². The summed E-state index contributed by atoms with van der Waals surface area (Å²) in [6.07, 6.45) is 0. The molecule has 1 rings (SSSR count). The van der Waals surface area contributed by atoms with Crippen LogP contribution in [-0.4, -0.2) is 30.3 Å². The monoisotopic (exact) mass is 239 g/mol. The second-order valence-corrected chi connectivity index (χ2v) is 5.15. The van der Waals surface area contributed by atoms with Gasteiger partial charge in [0.15, 0.2) is 0 Å². The summed E-state index contributed by atoms with van der Waals surface area (Å²) < 4.78 is 0. The normalized spacial score (nSPS) is 12.8. The van der Waals surface area contributed by atoms with Gasteiger partial charge >= 0.3 is 0 Å². The molecule has 0 bridgehead atoms. The lowest BCUT2D eigenvalue weighted by Gasteiger charge is -2.18. The van der Waals surface area contributed by atoms with E-state index in [4.69, 9.17) is 5.11 Å². The summed E-state index contributed by atoms with van der Waals surface area (Å²) in [5.41, 5.74) is 4.00. The van der Waals surface area contributed by atoms with Crippen molar-refractivity contribution in [2.45, 2.75) is 19.9 Å². The third kappa shape index (κ3) is 3.81. The zero-order valence-corrected chi connectivity index (χ0v) is 11.1. The lowest BCUT2D eigenvalue weighted by molar-refractivity contribution is 0.322. The minimum atomic E-state index is 0.258. The second kappa shape index (κ2) is 6.94. The summed E-state index contributed by atoms with van der Waals surface area (Å²) in [6, 6.07) is 6.95. The summed E-state index contributed by atoms with van der Waals surface area (Å²) in [5.74, 6) is 1.81. The van der Waals surface area contributed by atoms with Gasteiger partial charge in [0.25, 0.3) is 0 Å². The molecule has 0 heterocycles. The van der Waals surface area contributed by atoms with E-state index < -0.39 is 0 Å². The molecule has 1 unspecified atom stereocenters. The van der Waals surface area contributed by atoms with Crippen molar-refractivity contribution in [2.24, 2.45) is 0 Å². The number of hydrogen-bond acceptors (Lipinski definition) is 3. The van der Waals surface area contributed by atoms with Crippen LogP contribution in [-0.2, 0) is 0 Å². The molecule has 0 saturated carbocycles. The summed E-state index contributed by atoms with van der Waals surface area (Å²) in [6.45, 7) is 4.53. The third-order valence-corrected chi connectivity index (χ3v) is 3.71. The molecule has 1 aromatic carbocycles. The molecular weight excluding hydrogens is 218 g/mol. The molecule has 16 heavy (non-hydrogen) atoms. The zero-order valence-electron chi connectivity index (χ0n) is 10.3. The first kappa shape index (κ1) is 13.6. The molecule has 0 saturated heterocycles. The van der Waals surface area contributed by atoms with Gasteiger partial charge < -0.3 is 10.4 Å². The van der Waals surface area contributed by atoms with Crippen LogP contribution in [0.1, 0.15) is 22.7 Å². The fourth-order valence-corrected chi connectivity index (χ4v) is 2.69. The first-order valence-electron chi connectivity index (χ1n) is 5.62. The molecule has 0 radical (unpaired) electrons. The van der Waals surface area contributed by atoms with Gasteiger partial charge in [0.05, 0.1) is 6.61 Å². The van der Waals surface area contributed by atoms with Gasteiger partial charge in [0.2, 0.25) is 0 Å². The van der Waals surface area contributed by atoms with Crippen molar-refractivity contribution in [1.82, 2.24) is 5.32 Å². The third-order valence-electron chi connectivity index (χ3n) is 2.67. The summed E-state index contributed by atoms with van der Waals surface area (Å²) >= 11 is 1.78. The predicted octanol–water partition coefficient (Wildman–Crippen LogP) is 2.29. The number of aliphatic hydroxyl groups excluding tert-OH is 1. The first-order chi connectivity index (χ1) is 7.69. The second-order valence-electron chi connectivity index (χ2n) is 4.00. The number of nitrogens with one attached hydrogen (secondary N) is 1. The minimum Gasteiger partial charge on any atom is -0.396 e. The fourth-order valence-electron chi connectivity index (χ4n) is 1.81. The fraction of sp³-hybridized carbons (Fsp3) is 0.538. The van der Waals surface area contributed by atoms with E-state index in [0.29, 0.717) is 6.04 Å². The van der Waals surface area contributed by atoms with Crippen molar-refractivity contribution >= 4 is 11.8 Å². The molecule has 0 aliphatic heterocycles. The Balaban J connectivity index is 2.70. The van der Waals surface area contributed by atoms with Crippen LogP contribution >= 0.6 is 11.8 Å². The molecule has 0 aromatic heterocycles. The van der Waals surface area contributed by atoms with Gasteiger partial charge in [0, 0.05) is 17.5 Å². The number of hydrogen-bond donors (Lipinski definition) is 2. The summed E-state index contributed by atoms with van der Waals surface area (Å²) in [5, 5.41) is 12.1. The number of aliphatic hydroxyl groups is 1. The lowest BCUT2D eigenvalue weighted by Crippen LogP contribution is -2.20. The summed E-state index contributed by atoms with van der Waals surface area (Å²) in [4.78, 5) is 0. The van der Waals surface area contributed by atoms with Crippen molar-refractivity contribution in [1.29, 1.82) is 0 Å². The lowest BCUT2D eigenvalue weighted by atomic mass is 10.0. The predicted molar refractivity (Wildman–Crippen MR) is 72.1 cm³/mol. The SMILES string of the molecule is CNC(CSCCO)c1ccc(C)cc1C. The minimum absolute atomic E-state index is 0.258. The molecule has 0 aliphatic carbocycles. The highest BCUT2D eigenvalue weighted by molar-refractivity contribution is 7.99. The van der Waals surface area contributed by atoms with Gasteiger partial charge in [-0.2, -0.15) is 11.8 Å². The maximum atomic E-state index is 8.77. The van der Waals surface area contributed by atoms with Crippen LogP contribution in [0.2, 0.25) is 0 Å². The average Bonchev–Trinajstić information content (AvgIpc) is 2.26. The molecule has 2 nitrogen and oxygen atoms in total. The molecule has 0 aliphatic rings. The highest BCUT2D eigenvalue weighted by atomic mass is 32.2. The standard InChI is InChI=1S/C13H21NOS/c1-10-4-5-12(11(2)8-10)13(14-3)9-16-7-6-15/h4-5,8,13-15H,6-7,9H2,1-3H3. The van der Waals surface area contributed by atoms with Crippen molar-refractivity contribution in [2.75, 3.05) is 25.2 Å². The van der Waals surface area contributed by atoms with Crippen LogP contribution in [0.5, 0.6) is 0 Å². The van der Waals surface area contributed by atoms with Gasteiger partial charge in [-0.15, -0.1) is 0 Å². The molecular formula is C13H21NOS. The van der Waals surface area contributed by atoms with E-state index >= 15 is 0 Å². The van der Waals surface area contributed by atoms with E-state index in [0.717, 1.165) is 11.5 Å². The Kier molecular flexibility index (Phi) is 5.88. The summed E-state index contributed by atoms with van der Waals surface area (Å²) in [7, 11) is 1.99. The highest BCUT2D eigenvalue weighted by Crippen LogP contribution is 2.22. The molecule has 1 atom stereocenters. The number of aryl methyl sites for hydroxylation is 2. The molecule has 1 aromatic rings. The van der Waals surface area contributed by atoms with Gasteiger partial charge in [-0.3, -0.25) is 0 Å². The average molecular weight is 239 g/mol. The van der Waals surface area contributed by atoms with E-state index in [-0.39, 0.29) is 6.61 Å². The van der Waals surface area contributed by atoms with Gasteiger partial charge in [-0.1, -0.05) is 23.8 Å². The number of rotatable bonds is 6. The van der Waals surface area contributed by atoms with Crippen LogP contribution in [0.3, 0.4) is 0 Å². The highest BCUT2D eigenvalue weighted by Gasteiger charge is 2.11. The molecule has 0 amide bonds. The van der Waals surface area contributed by atoms with E-state index in [1.54, 1.807) is 11.8 Å². The molecule has 0 fully saturated rings. The molecule has 90 valence electrons. The largest absolute Gasteiger partial charge is 0.396 e. The van der Waals surface area contributed by atoms with Crippen molar-refractivity contribution in [3.05, 3.63) is 34.9 Å². The Hall–Kier alpha value is -0.510. The van der Waals surface area contributed by atoms with E-state index in [1.807, 2.05) is 7.05 Å². The van der Waals surface area contributed by atoms with E-state index in [2.05, 4.69) is 37.4 Å². The van der Waals surface area contributed by atoms with Crippen LogP contribution in [0.25, 0.3) is 0 Å². The Morgan fingerprint density at radius 1 is 1.38 bits per heavy atom. The Bertz CT molecular complexity index is 328. The van der Waals surface area contributed by atoms with Crippen LogP contribution in [0.15, 0.2) is 18.2 Å². The Morgan fingerprint density at radius 2 is 2.12 bits per heavy atom. The zero-order chi connectivity index (χ0) is 12.0. The van der Waals surface area contributed by atoms with Crippen molar-refractivity contribution in [3.8, 4) is 0 Å². The van der Waals surface area contributed by atoms with Gasteiger partial charge in [-0.25, -0.2) is 0 Å². The van der Waals surface area contributed by atoms with Crippen molar-refractivity contribution in [3.63, 3.8) is 0 Å². The number of thioether (sulfide) groups is 1. The maximum Gasteiger partial charge on any atom is 0.0521 e. The van der Waals surface area contributed by atoms with Gasteiger partial charge in [-0.05, 0) is 32.0 Å². The van der Waals surface area contributed by atoms with E-state index in [9.17, 15) is 0 Å². The van der Waals surface area contributed by atoms with Crippen LogP contribution in [0, 0.1) is 13.8 Å². The molecule has 0 spiro atoms. The topological polar surface area (TPSA) is 32.3 Å². The smallest absolute Gasteiger partial charge is 0.0521 e. The number of benzene rings is 1. The van der Waals surface area contributed by atoms with Gasteiger partial charge in [0.1, 0.15) is 0 Å². The maximum absolute atomic E-state index is 8.77. The Labute approximate surface area is 102 Å². The Morgan fingerprint density at radius 3 is 2.69 bits per heavy atom. The first-order valence-corrected chi connectivity index (χ1v) is 6.77.